The first-order valence-electron chi connectivity index (χ1n) is 19.4. The Hall–Kier alpha value is -6.64. The number of carbonyl (C=O) groups is 8. The van der Waals surface area contributed by atoms with E-state index in [-0.39, 0.29) is 64.6 Å². The topological polar surface area (TPSA) is 332 Å². The van der Waals surface area contributed by atoms with Crippen molar-refractivity contribution in [1.29, 1.82) is 0 Å². The molecule has 2 aliphatic rings. The van der Waals surface area contributed by atoms with Crippen LogP contribution in [0.5, 0.6) is 5.75 Å². The minimum Gasteiger partial charge on any atom is -0.508 e. The second-order valence-corrected chi connectivity index (χ2v) is 17.3. The fourth-order valence-electron chi connectivity index (χ4n) is 6.98. The molecule has 5 atom stereocenters. The Labute approximate surface area is 368 Å². The van der Waals surface area contributed by atoms with Crippen molar-refractivity contribution in [1.82, 2.24) is 15.7 Å². The number of carboxylic acid groups (broad SMARTS) is 4. The van der Waals surface area contributed by atoms with Crippen LogP contribution in [0, 0.1) is 5.92 Å². The zero-order chi connectivity index (χ0) is 46.7. The van der Waals surface area contributed by atoms with E-state index in [0.717, 1.165) is 16.7 Å². The number of nitrogens with one attached hydrogen (secondary N) is 4. The van der Waals surface area contributed by atoms with E-state index in [1.54, 1.807) is 41.5 Å². The molecule has 20 nitrogen and oxygen atoms in total. The minimum absolute atomic E-state index is 0.0143. The Morgan fingerprint density at radius 2 is 1.56 bits per heavy atom. The van der Waals surface area contributed by atoms with Gasteiger partial charge in [-0.25, -0.2) is 19.2 Å². The first kappa shape index (κ1) is 48.4. The summed E-state index contributed by atoms with van der Waals surface area (Å²) in [5, 5.41) is 57.1. The molecule has 0 radical (unpaired) electrons. The summed E-state index contributed by atoms with van der Waals surface area (Å²) in [4.78, 5) is 107. The molecule has 3 aromatic carbocycles. The van der Waals surface area contributed by atoms with E-state index in [1.165, 1.54) is 54.2 Å². The first-order valence-corrected chi connectivity index (χ1v) is 22.1. The van der Waals surface area contributed by atoms with Crippen molar-refractivity contribution >= 4 is 72.6 Å². The number of rotatable bonds is 22. The van der Waals surface area contributed by atoms with Crippen molar-refractivity contribution in [2.75, 3.05) is 23.4 Å². The fraction of sp³-hybridized carbons (Fsp3) is 0.286. The minimum atomic E-state index is -4.97. The lowest BCUT2D eigenvalue weighted by Crippen LogP contribution is -2.44. The lowest BCUT2D eigenvalue weighted by atomic mass is 9.67. The molecule has 0 heterocycles. The number of allylic oxidation sites excluding steroid dienone is 4. The monoisotopic (exact) mass is 922 g/mol. The zero-order valence-corrected chi connectivity index (χ0v) is 35.3. The molecule has 0 fully saturated rings. The van der Waals surface area contributed by atoms with Crippen LogP contribution in [0.4, 0.5) is 5.69 Å². The van der Waals surface area contributed by atoms with Crippen LogP contribution in [0.25, 0.3) is 0 Å². The predicted molar refractivity (Wildman–Crippen MR) is 228 cm³/mol. The van der Waals surface area contributed by atoms with Gasteiger partial charge in [0.05, 0.1) is 17.9 Å². The molecule has 0 saturated heterocycles. The molecule has 0 spiro atoms. The maximum atomic E-state index is 12.8. The van der Waals surface area contributed by atoms with Gasteiger partial charge < -0.3 is 46.4 Å². The van der Waals surface area contributed by atoms with E-state index in [4.69, 9.17) is 5.11 Å². The second-order valence-electron chi connectivity index (χ2n) is 14.6. The number of anilines is 1. The Balaban J connectivity index is 1.06. The SMILES string of the molecule is O=C1C=CC2C(=C1)Cc1cc(O)ccc1C2c1ccc(NC(=O)CSCCC(=O)NCc2ccc(C(=O)N[C@@H](COP(=O)(O)N[C@@H](CCC(=O)O)C(=O)O)C(=O)O)cc2)cc1C(=O)O. The molecule has 0 bridgehead atoms. The molecule has 5 rings (SSSR count). The smallest absolute Gasteiger partial charge is 0.403 e. The maximum absolute atomic E-state index is 12.8. The second kappa shape index (κ2) is 21.6. The number of aliphatic carboxylic acids is 3. The van der Waals surface area contributed by atoms with Gasteiger partial charge in [0.25, 0.3) is 5.91 Å². The molecule has 2 aliphatic carbocycles. The van der Waals surface area contributed by atoms with E-state index < -0.39 is 80.9 Å². The van der Waals surface area contributed by atoms with Crippen molar-refractivity contribution < 1.29 is 77.9 Å². The average Bonchev–Trinajstić information content (AvgIpc) is 3.23. The van der Waals surface area contributed by atoms with Crippen LogP contribution in [0.2, 0.25) is 0 Å². The highest BCUT2D eigenvalue weighted by atomic mass is 32.2. The highest BCUT2D eigenvalue weighted by molar-refractivity contribution is 7.99. The van der Waals surface area contributed by atoms with E-state index in [2.05, 4.69) is 20.5 Å². The van der Waals surface area contributed by atoms with Crippen LogP contribution in [-0.2, 0) is 50.8 Å². The van der Waals surface area contributed by atoms with Gasteiger partial charge >= 0.3 is 31.6 Å². The Morgan fingerprint density at radius 1 is 0.859 bits per heavy atom. The summed E-state index contributed by atoms with van der Waals surface area (Å²) < 4.78 is 17.0. The summed E-state index contributed by atoms with van der Waals surface area (Å²) in [5.41, 5.74) is 3.64. The summed E-state index contributed by atoms with van der Waals surface area (Å²) >= 11 is 1.17. The molecule has 0 saturated carbocycles. The van der Waals surface area contributed by atoms with Gasteiger partial charge in [-0.3, -0.25) is 33.3 Å². The number of phenolic OH excluding ortho intramolecular Hbond substituents is 1. The number of hydrogen-bond donors (Lipinski definition) is 10. The molecular formula is C42H43N4O16PS. The predicted octanol–water partition coefficient (Wildman–Crippen LogP) is 3.05. The third kappa shape index (κ3) is 13.4. The van der Waals surface area contributed by atoms with Crippen LogP contribution >= 0.6 is 19.5 Å². The standard InChI is InChI=1S/C42H43N4O16PS/c47-27-6-9-29-24(16-27)15-25-17-28(48)7-10-30(25)38(29)31-8-5-26(18-32(31)40(54)55)44-36(50)21-64-14-13-35(49)43-19-22-1-3-23(4-2-22)39(53)45-34(42(58)59)20-62-63(60,61)46-33(41(56)57)11-12-37(51)52/h1-10,16-18,29,33-34,38,48H,11-15,19-21H2,(H,43,49)(H,44,50)(H,45,53)(H,51,52)(H,54,55)(H,56,57)(H,58,59)(H2,46,60,61)/t29?,33-,34-,38?/m0/s1. The van der Waals surface area contributed by atoms with E-state index in [1.807, 2.05) is 0 Å². The van der Waals surface area contributed by atoms with Crippen LogP contribution in [0.3, 0.4) is 0 Å². The van der Waals surface area contributed by atoms with Crippen LogP contribution in [-0.4, -0.2) is 108 Å². The summed E-state index contributed by atoms with van der Waals surface area (Å²) in [6.45, 7) is -1.00. The van der Waals surface area contributed by atoms with Gasteiger partial charge in [-0.15, -0.1) is 0 Å². The number of carboxylic acids is 4. The molecule has 3 aromatic rings. The number of carbonyl (C=O) groups excluding carboxylic acids is 4. The lowest BCUT2D eigenvalue weighted by molar-refractivity contribution is -0.142. The third-order valence-corrected chi connectivity index (χ3v) is 12.1. The van der Waals surface area contributed by atoms with E-state index in [9.17, 15) is 68.2 Å². The summed E-state index contributed by atoms with van der Waals surface area (Å²) in [5.74, 6) is -8.20. The number of fused-ring (bicyclic) bond motifs is 2. The normalized spacial score (nSPS) is 17.0. The number of aromatic hydroxyl groups is 1. The highest BCUT2D eigenvalue weighted by Crippen LogP contribution is 2.47. The van der Waals surface area contributed by atoms with Crippen molar-refractivity contribution in [2.24, 2.45) is 5.92 Å². The molecular weight excluding hydrogens is 880 g/mol. The number of ketones is 1. The van der Waals surface area contributed by atoms with Crippen LogP contribution in [0.1, 0.15) is 68.2 Å². The molecule has 338 valence electrons. The van der Waals surface area contributed by atoms with Gasteiger partial charge in [0, 0.05) is 48.2 Å². The fourth-order valence-corrected chi connectivity index (χ4v) is 8.77. The molecule has 10 N–H and O–H groups in total. The number of amides is 3. The molecule has 3 unspecified atom stereocenters. The number of thioether (sulfide) groups is 1. The molecule has 0 aliphatic heterocycles. The van der Waals surface area contributed by atoms with Gasteiger partial charge in [-0.2, -0.15) is 11.8 Å². The third-order valence-electron chi connectivity index (χ3n) is 10.0. The van der Waals surface area contributed by atoms with Gasteiger partial charge in [0.2, 0.25) is 11.8 Å². The molecule has 3 amide bonds. The van der Waals surface area contributed by atoms with Crippen molar-refractivity contribution in [2.45, 2.75) is 50.2 Å². The number of aromatic carboxylic acids is 1. The zero-order valence-electron chi connectivity index (χ0n) is 33.6. The van der Waals surface area contributed by atoms with Crippen molar-refractivity contribution in [3.05, 3.63) is 118 Å². The Bertz CT molecular complexity index is 2460. The highest BCUT2D eigenvalue weighted by Gasteiger charge is 2.37. The Morgan fingerprint density at radius 3 is 2.23 bits per heavy atom. The lowest BCUT2D eigenvalue weighted by Gasteiger charge is -2.36. The number of benzene rings is 3. The summed E-state index contributed by atoms with van der Waals surface area (Å²) in [6.07, 6.45) is 4.01. The van der Waals surface area contributed by atoms with E-state index >= 15 is 0 Å². The molecule has 64 heavy (non-hydrogen) atoms. The first-order chi connectivity index (χ1) is 30.3. The number of hydrogen-bond acceptors (Lipinski definition) is 12. The van der Waals surface area contributed by atoms with Gasteiger partial charge in [-0.05, 0) is 83.6 Å². The van der Waals surface area contributed by atoms with Gasteiger partial charge in [0.1, 0.15) is 11.8 Å². The summed E-state index contributed by atoms with van der Waals surface area (Å²) in [7, 11) is -4.97. The quantitative estimate of drug-likeness (QED) is 0.0511. The molecule has 22 heteroatoms. The van der Waals surface area contributed by atoms with Crippen LogP contribution < -0.4 is 21.0 Å². The molecule has 0 aromatic heterocycles. The van der Waals surface area contributed by atoms with Crippen molar-refractivity contribution in [3.8, 4) is 5.75 Å². The summed E-state index contributed by atoms with van der Waals surface area (Å²) in [6, 6.07) is 11.5. The van der Waals surface area contributed by atoms with Gasteiger partial charge in [0.15, 0.2) is 11.8 Å². The largest absolute Gasteiger partial charge is 0.508 e. The van der Waals surface area contributed by atoms with E-state index in [0.29, 0.717) is 17.5 Å². The van der Waals surface area contributed by atoms with Gasteiger partial charge in [-0.1, -0.05) is 35.9 Å². The van der Waals surface area contributed by atoms with Crippen molar-refractivity contribution in [3.63, 3.8) is 0 Å². The maximum Gasteiger partial charge on any atom is 0.403 e. The number of phenols is 1. The Kier molecular flexibility index (Phi) is 16.4. The van der Waals surface area contributed by atoms with Crippen LogP contribution in [0.15, 0.2) is 84.5 Å². The average molecular weight is 923 g/mol.